The fourth-order valence-corrected chi connectivity index (χ4v) is 1.70. The van der Waals surface area contributed by atoms with Gasteiger partial charge in [0.2, 0.25) is 5.91 Å². The molecule has 0 saturated heterocycles. The highest BCUT2D eigenvalue weighted by Gasteiger charge is 2.14. The van der Waals surface area contributed by atoms with Crippen molar-refractivity contribution in [2.24, 2.45) is 11.5 Å². The second kappa shape index (κ2) is 4.89. The van der Waals surface area contributed by atoms with Gasteiger partial charge in [-0.05, 0) is 18.6 Å². The first-order chi connectivity index (χ1) is 7.43. The molecular weight excluding hydrogens is 224 g/mol. The number of nitrogens with zero attached hydrogens (tertiary/aromatic N) is 2. The molecule has 5 nitrogen and oxygen atoms in total. The van der Waals surface area contributed by atoms with Crippen LogP contribution < -0.4 is 16.4 Å². The minimum absolute atomic E-state index is 0.0755. The van der Waals surface area contributed by atoms with Crippen molar-refractivity contribution in [3.05, 3.63) is 23.4 Å². The molecular formula is C10H14N4OS. The number of hydrogen-bond acceptors (Lipinski definition) is 4. The minimum atomic E-state index is -0.431. The molecule has 0 fully saturated rings. The molecule has 0 bridgehead atoms. The van der Waals surface area contributed by atoms with Crippen LogP contribution in [0.4, 0.5) is 5.82 Å². The van der Waals surface area contributed by atoms with Crippen molar-refractivity contribution in [2.75, 3.05) is 18.5 Å². The zero-order chi connectivity index (χ0) is 12.3. The Morgan fingerprint density at radius 1 is 1.56 bits per heavy atom. The number of hydrogen-bond donors (Lipinski definition) is 2. The van der Waals surface area contributed by atoms with E-state index in [1.165, 1.54) is 0 Å². The van der Waals surface area contributed by atoms with Crippen molar-refractivity contribution in [3.63, 3.8) is 0 Å². The number of likely N-dealkylation sites (N-methyl/N-ethyl adjacent to an activating group) is 1. The van der Waals surface area contributed by atoms with E-state index >= 15 is 0 Å². The molecule has 6 heteroatoms. The summed E-state index contributed by atoms with van der Waals surface area (Å²) in [7, 11) is 1.72. The first kappa shape index (κ1) is 12.4. The Hall–Kier alpha value is -1.69. The van der Waals surface area contributed by atoms with Crippen LogP contribution in [0.15, 0.2) is 12.3 Å². The summed E-state index contributed by atoms with van der Waals surface area (Å²) in [5, 5.41) is 0. The SMILES string of the molecule is Cc1ccnc(N(C)CC(N)=O)c1C(N)=S. The first-order valence-corrected chi connectivity index (χ1v) is 5.09. The van der Waals surface area contributed by atoms with Crippen LogP contribution in [-0.4, -0.2) is 29.5 Å². The maximum Gasteiger partial charge on any atom is 0.236 e. The van der Waals surface area contributed by atoms with Crippen molar-refractivity contribution in [1.82, 2.24) is 4.98 Å². The van der Waals surface area contributed by atoms with Gasteiger partial charge in [-0.1, -0.05) is 12.2 Å². The van der Waals surface area contributed by atoms with Gasteiger partial charge in [0.15, 0.2) is 0 Å². The number of rotatable bonds is 4. The van der Waals surface area contributed by atoms with E-state index in [-0.39, 0.29) is 11.5 Å². The molecule has 1 rings (SSSR count). The molecule has 16 heavy (non-hydrogen) atoms. The lowest BCUT2D eigenvalue weighted by Gasteiger charge is -2.20. The van der Waals surface area contributed by atoms with Crippen LogP contribution in [0.25, 0.3) is 0 Å². The molecule has 1 aromatic heterocycles. The molecule has 86 valence electrons. The van der Waals surface area contributed by atoms with Gasteiger partial charge in [-0.15, -0.1) is 0 Å². The summed E-state index contributed by atoms with van der Waals surface area (Å²) in [6.07, 6.45) is 1.64. The first-order valence-electron chi connectivity index (χ1n) is 4.68. The smallest absolute Gasteiger partial charge is 0.236 e. The van der Waals surface area contributed by atoms with Crippen LogP contribution in [-0.2, 0) is 4.79 Å². The molecule has 0 saturated carbocycles. The highest BCUT2D eigenvalue weighted by Crippen LogP contribution is 2.19. The Morgan fingerprint density at radius 3 is 2.69 bits per heavy atom. The van der Waals surface area contributed by atoms with E-state index in [2.05, 4.69) is 4.98 Å². The van der Waals surface area contributed by atoms with Gasteiger partial charge in [0.25, 0.3) is 0 Å². The minimum Gasteiger partial charge on any atom is -0.389 e. The van der Waals surface area contributed by atoms with E-state index in [1.807, 2.05) is 13.0 Å². The van der Waals surface area contributed by atoms with Gasteiger partial charge < -0.3 is 16.4 Å². The van der Waals surface area contributed by atoms with Crippen molar-refractivity contribution in [3.8, 4) is 0 Å². The Morgan fingerprint density at radius 2 is 2.19 bits per heavy atom. The van der Waals surface area contributed by atoms with Gasteiger partial charge in [-0.2, -0.15) is 0 Å². The highest BCUT2D eigenvalue weighted by atomic mass is 32.1. The van der Waals surface area contributed by atoms with Crippen molar-refractivity contribution < 1.29 is 4.79 Å². The fourth-order valence-electron chi connectivity index (χ4n) is 1.45. The lowest BCUT2D eigenvalue weighted by molar-refractivity contribution is -0.116. The second-order valence-corrected chi connectivity index (χ2v) is 3.95. The number of anilines is 1. The molecule has 0 atom stereocenters. The van der Waals surface area contributed by atoms with Crippen LogP contribution in [0.1, 0.15) is 11.1 Å². The molecule has 1 heterocycles. The summed E-state index contributed by atoms with van der Waals surface area (Å²) in [4.78, 5) is 16.9. The summed E-state index contributed by atoms with van der Waals surface area (Å²) < 4.78 is 0. The van der Waals surface area contributed by atoms with Crippen LogP contribution in [0.2, 0.25) is 0 Å². The van der Waals surface area contributed by atoms with Gasteiger partial charge in [0.05, 0.1) is 12.1 Å². The fraction of sp³-hybridized carbons (Fsp3) is 0.300. The lowest BCUT2D eigenvalue weighted by Crippen LogP contribution is -2.32. The number of primary amides is 1. The zero-order valence-corrected chi connectivity index (χ0v) is 10.0. The Bertz CT molecular complexity index is 433. The predicted molar refractivity (Wildman–Crippen MR) is 67.3 cm³/mol. The summed E-state index contributed by atoms with van der Waals surface area (Å²) in [5.74, 6) is 0.144. The maximum absolute atomic E-state index is 10.8. The van der Waals surface area contributed by atoms with Gasteiger partial charge in [-0.25, -0.2) is 4.98 Å². The number of pyridine rings is 1. The third-order valence-electron chi connectivity index (χ3n) is 2.14. The van der Waals surface area contributed by atoms with Gasteiger partial charge in [0.1, 0.15) is 10.8 Å². The molecule has 0 unspecified atom stereocenters. The number of carbonyl (C=O) groups excluding carboxylic acids is 1. The summed E-state index contributed by atoms with van der Waals surface area (Å²) in [6.45, 7) is 1.96. The molecule has 0 aromatic carbocycles. The quantitative estimate of drug-likeness (QED) is 0.718. The lowest BCUT2D eigenvalue weighted by atomic mass is 10.1. The van der Waals surface area contributed by atoms with E-state index in [9.17, 15) is 4.79 Å². The monoisotopic (exact) mass is 238 g/mol. The van der Waals surface area contributed by atoms with Crippen LogP contribution in [0, 0.1) is 6.92 Å². The number of nitrogens with two attached hydrogens (primary N) is 2. The zero-order valence-electron chi connectivity index (χ0n) is 9.23. The van der Waals surface area contributed by atoms with E-state index in [4.69, 9.17) is 23.7 Å². The van der Waals surface area contributed by atoms with Crippen LogP contribution >= 0.6 is 12.2 Å². The van der Waals surface area contributed by atoms with Crippen molar-refractivity contribution in [2.45, 2.75) is 6.92 Å². The van der Waals surface area contributed by atoms with Gasteiger partial charge in [0, 0.05) is 13.2 Å². The average Bonchev–Trinajstić information content (AvgIpc) is 2.15. The number of amides is 1. The predicted octanol–water partition coefficient (Wildman–Crippen LogP) is -0.0543. The number of aryl methyl sites for hydroxylation is 1. The normalized spacial score (nSPS) is 9.88. The maximum atomic E-state index is 10.8. The topological polar surface area (TPSA) is 85.2 Å². The molecule has 0 aliphatic heterocycles. The molecule has 0 aliphatic rings. The number of thiocarbonyl (C=S) groups is 1. The molecule has 0 aliphatic carbocycles. The Kier molecular flexibility index (Phi) is 3.78. The van der Waals surface area contributed by atoms with E-state index in [0.29, 0.717) is 11.4 Å². The van der Waals surface area contributed by atoms with E-state index in [0.717, 1.165) is 5.56 Å². The summed E-state index contributed by atoms with van der Waals surface area (Å²) in [5.41, 5.74) is 12.4. The Balaban J connectivity index is 3.17. The van der Waals surface area contributed by atoms with Crippen molar-refractivity contribution in [1.29, 1.82) is 0 Å². The summed E-state index contributed by atoms with van der Waals surface area (Å²) >= 11 is 4.96. The molecule has 4 N–H and O–H groups in total. The van der Waals surface area contributed by atoms with Gasteiger partial charge >= 0.3 is 0 Å². The third-order valence-corrected chi connectivity index (χ3v) is 2.34. The summed E-state index contributed by atoms with van der Waals surface area (Å²) in [6, 6.07) is 1.82. The second-order valence-electron chi connectivity index (χ2n) is 3.51. The average molecular weight is 238 g/mol. The third kappa shape index (κ3) is 2.66. The van der Waals surface area contributed by atoms with Crippen LogP contribution in [0.3, 0.4) is 0 Å². The number of aromatic nitrogens is 1. The van der Waals surface area contributed by atoms with E-state index < -0.39 is 5.91 Å². The van der Waals surface area contributed by atoms with Crippen LogP contribution in [0.5, 0.6) is 0 Å². The standard InChI is InChI=1S/C10H14N4OS/c1-6-3-4-13-10(8(6)9(12)16)14(2)5-7(11)15/h3-4H,5H2,1-2H3,(H2,11,15)(H2,12,16). The molecule has 1 amide bonds. The van der Waals surface area contributed by atoms with Gasteiger partial charge in [-0.3, -0.25) is 4.79 Å². The largest absolute Gasteiger partial charge is 0.389 e. The van der Waals surface area contributed by atoms with E-state index in [1.54, 1.807) is 18.1 Å². The van der Waals surface area contributed by atoms with Crippen molar-refractivity contribution >= 4 is 28.9 Å². The Labute approximate surface area is 99.4 Å². The number of carbonyl (C=O) groups is 1. The molecule has 1 aromatic rings. The molecule has 0 spiro atoms. The highest BCUT2D eigenvalue weighted by molar-refractivity contribution is 7.80. The molecule has 0 radical (unpaired) electrons.